The fourth-order valence-corrected chi connectivity index (χ4v) is 3.41. The maximum atomic E-state index is 5.94. The molecule has 5 heteroatoms. The summed E-state index contributed by atoms with van der Waals surface area (Å²) in [5.41, 5.74) is 3.51. The Morgan fingerprint density at radius 2 is 2.10 bits per heavy atom. The maximum Gasteiger partial charge on any atom is 0.119 e. The lowest BCUT2D eigenvalue weighted by atomic mass is 10.0. The summed E-state index contributed by atoms with van der Waals surface area (Å²) in [7, 11) is 1.68. The molecule has 0 aromatic heterocycles. The number of benzene rings is 2. The monoisotopic (exact) mass is 352 g/mol. The molecule has 1 atom stereocenters. The Labute approximate surface area is 131 Å². The molecule has 1 N–H and O–H groups in total. The molecular weight excluding hydrogens is 340 g/mol. The highest BCUT2D eigenvalue weighted by Gasteiger charge is 2.31. The van der Waals surface area contributed by atoms with Gasteiger partial charge in [-0.2, -0.15) is 0 Å². The largest absolute Gasteiger partial charge is 0.497 e. The second-order valence-corrected chi connectivity index (χ2v) is 5.71. The van der Waals surface area contributed by atoms with Crippen molar-refractivity contribution < 1.29 is 4.74 Å². The van der Waals surface area contributed by atoms with Gasteiger partial charge in [-0.1, -0.05) is 34.1 Å². The summed E-state index contributed by atoms with van der Waals surface area (Å²) in [6.45, 7) is 0. The Hall–Kier alpha value is -1.23. The van der Waals surface area contributed by atoms with Gasteiger partial charge in [0.25, 0.3) is 0 Å². The minimum absolute atomic E-state index is 0.158. The molecule has 3 nitrogen and oxygen atoms in total. The van der Waals surface area contributed by atoms with Gasteiger partial charge in [-0.05, 0) is 47.2 Å². The predicted molar refractivity (Wildman–Crippen MR) is 85.0 cm³/mol. The van der Waals surface area contributed by atoms with Crippen LogP contribution < -0.4 is 14.7 Å². The fourth-order valence-electron chi connectivity index (χ4n) is 2.65. The van der Waals surface area contributed by atoms with Crippen molar-refractivity contribution in [3.63, 3.8) is 0 Å². The molecule has 2 aromatic carbocycles. The van der Waals surface area contributed by atoms with Crippen molar-refractivity contribution in [2.45, 2.75) is 12.5 Å². The SMILES string of the molecule is COc1ccc2c(c1)CC(c1ccccc1Br)N2NCl. The lowest BCUT2D eigenvalue weighted by Crippen LogP contribution is -2.32. The zero-order valence-corrected chi connectivity index (χ0v) is 13.3. The van der Waals surface area contributed by atoms with E-state index in [9.17, 15) is 0 Å². The standard InChI is InChI=1S/C15H14BrClN2O/c1-20-11-6-7-14-10(8-11)9-15(19(14)18-17)12-4-2-3-5-13(12)16/h2-8,15,18H,9H2,1H3. The Bertz CT molecular complexity index is 635. The van der Waals surface area contributed by atoms with Crippen molar-refractivity contribution in [1.82, 2.24) is 4.94 Å². The zero-order valence-electron chi connectivity index (χ0n) is 10.9. The van der Waals surface area contributed by atoms with E-state index in [0.717, 1.165) is 22.3 Å². The number of ether oxygens (including phenoxy) is 1. The Morgan fingerprint density at radius 1 is 1.30 bits per heavy atom. The molecule has 0 amide bonds. The third-order valence-electron chi connectivity index (χ3n) is 3.63. The summed E-state index contributed by atoms with van der Waals surface area (Å²) in [6.07, 6.45) is 0.884. The molecule has 2 aromatic rings. The van der Waals surface area contributed by atoms with Crippen molar-refractivity contribution in [1.29, 1.82) is 0 Å². The van der Waals surface area contributed by atoms with Crippen LogP contribution in [0.1, 0.15) is 17.2 Å². The highest BCUT2D eigenvalue weighted by molar-refractivity contribution is 9.10. The van der Waals surface area contributed by atoms with Crippen LogP contribution in [0.2, 0.25) is 0 Å². The number of halogens is 2. The minimum atomic E-state index is 0.158. The van der Waals surface area contributed by atoms with Gasteiger partial charge in [0.2, 0.25) is 0 Å². The summed E-state index contributed by atoms with van der Waals surface area (Å²) < 4.78 is 6.38. The van der Waals surface area contributed by atoms with E-state index in [4.69, 9.17) is 16.5 Å². The van der Waals surface area contributed by atoms with Gasteiger partial charge in [0.1, 0.15) is 5.75 Å². The average molecular weight is 354 g/mol. The molecule has 0 fully saturated rings. The van der Waals surface area contributed by atoms with E-state index in [1.165, 1.54) is 11.1 Å². The van der Waals surface area contributed by atoms with Gasteiger partial charge in [0.05, 0.1) is 18.8 Å². The zero-order chi connectivity index (χ0) is 14.1. The third-order valence-corrected chi connectivity index (χ3v) is 4.53. The molecule has 1 aliphatic heterocycles. The van der Waals surface area contributed by atoms with E-state index in [1.807, 2.05) is 35.3 Å². The first-order valence-corrected chi connectivity index (χ1v) is 7.48. The number of hydrazine groups is 1. The van der Waals surface area contributed by atoms with Crippen LogP contribution in [0.15, 0.2) is 46.9 Å². The van der Waals surface area contributed by atoms with Crippen LogP contribution in [0, 0.1) is 0 Å². The summed E-state index contributed by atoms with van der Waals surface area (Å²) in [5.74, 6) is 0.867. The van der Waals surface area contributed by atoms with Crippen molar-refractivity contribution in [3.8, 4) is 5.75 Å². The van der Waals surface area contributed by atoms with Gasteiger partial charge < -0.3 is 4.74 Å². The molecule has 0 radical (unpaired) electrons. The average Bonchev–Trinajstić information content (AvgIpc) is 2.84. The number of nitrogens with one attached hydrogen (secondary N) is 1. The third kappa shape index (κ3) is 2.28. The first kappa shape index (κ1) is 13.7. The van der Waals surface area contributed by atoms with Crippen LogP contribution in [0.5, 0.6) is 5.75 Å². The number of nitrogens with zero attached hydrogens (tertiary/aromatic N) is 1. The summed E-state index contributed by atoms with van der Waals surface area (Å²) in [6, 6.07) is 14.4. The molecule has 0 spiro atoms. The Balaban J connectivity index is 2.02. The quantitative estimate of drug-likeness (QED) is 0.836. The smallest absolute Gasteiger partial charge is 0.119 e. The molecule has 20 heavy (non-hydrogen) atoms. The molecule has 0 bridgehead atoms. The lowest BCUT2D eigenvalue weighted by Gasteiger charge is -2.25. The van der Waals surface area contributed by atoms with Crippen molar-refractivity contribution >= 4 is 33.4 Å². The second-order valence-electron chi connectivity index (χ2n) is 4.69. The topological polar surface area (TPSA) is 24.5 Å². The molecular formula is C15H14BrClN2O. The Kier molecular flexibility index (Phi) is 3.87. The molecule has 0 saturated carbocycles. The molecule has 1 heterocycles. The fraction of sp³-hybridized carbons (Fsp3) is 0.200. The van der Waals surface area contributed by atoms with Crippen LogP contribution in [-0.4, -0.2) is 7.11 Å². The molecule has 1 aliphatic rings. The highest BCUT2D eigenvalue weighted by Crippen LogP contribution is 2.42. The van der Waals surface area contributed by atoms with Crippen molar-refractivity contribution in [2.24, 2.45) is 0 Å². The van der Waals surface area contributed by atoms with E-state index in [-0.39, 0.29) is 6.04 Å². The van der Waals surface area contributed by atoms with Crippen LogP contribution in [0.25, 0.3) is 0 Å². The lowest BCUT2D eigenvalue weighted by molar-refractivity contribution is 0.414. The van der Waals surface area contributed by atoms with Crippen LogP contribution in [0.3, 0.4) is 0 Å². The van der Waals surface area contributed by atoms with Gasteiger partial charge in [-0.3, -0.25) is 5.01 Å². The van der Waals surface area contributed by atoms with Crippen molar-refractivity contribution in [2.75, 3.05) is 12.1 Å². The van der Waals surface area contributed by atoms with Crippen LogP contribution in [-0.2, 0) is 6.42 Å². The summed E-state index contributed by atoms with van der Waals surface area (Å²) >= 11 is 9.55. The number of hydrogen-bond acceptors (Lipinski definition) is 3. The van der Waals surface area contributed by atoms with Gasteiger partial charge in [-0.15, -0.1) is 4.94 Å². The van der Waals surface area contributed by atoms with Gasteiger partial charge in [0.15, 0.2) is 0 Å². The highest BCUT2D eigenvalue weighted by atomic mass is 79.9. The van der Waals surface area contributed by atoms with E-state index in [2.05, 4.69) is 33.0 Å². The van der Waals surface area contributed by atoms with E-state index in [0.29, 0.717) is 0 Å². The Morgan fingerprint density at radius 3 is 2.80 bits per heavy atom. The van der Waals surface area contributed by atoms with Crippen molar-refractivity contribution in [3.05, 3.63) is 58.1 Å². The van der Waals surface area contributed by atoms with E-state index in [1.54, 1.807) is 7.11 Å². The summed E-state index contributed by atoms with van der Waals surface area (Å²) in [5, 5.41) is 1.98. The number of anilines is 1. The molecule has 3 rings (SSSR count). The number of fused-ring (bicyclic) bond motifs is 1. The van der Waals surface area contributed by atoms with Gasteiger partial charge >= 0.3 is 0 Å². The van der Waals surface area contributed by atoms with E-state index >= 15 is 0 Å². The van der Waals surface area contributed by atoms with Gasteiger partial charge in [-0.25, -0.2) is 0 Å². The second kappa shape index (κ2) is 5.64. The number of hydrogen-bond donors (Lipinski definition) is 1. The normalized spacial score (nSPS) is 17.1. The van der Waals surface area contributed by atoms with Gasteiger partial charge in [0, 0.05) is 10.9 Å². The maximum absolute atomic E-state index is 5.94. The number of methoxy groups -OCH3 is 1. The first-order valence-electron chi connectivity index (χ1n) is 6.31. The van der Waals surface area contributed by atoms with E-state index < -0.39 is 0 Å². The molecule has 0 saturated heterocycles. The molecule has 1 unspecified atom stereocenters. The predicted octanol–water partition coefficient (Wildman–Crippen LogP) is 4.22. The van der Waals surface area contributed by atoms with Crippen LogP contribution in [0.4, 0.5) is 5.69 Å². The first-order chi connectivity index (χ1) is 9.74. The molecule has 0 aliphatic carbocycles. The molecule has 104 valence electrons. The van der Waals surface area contributed by atoms with Crippen LogP contribution >= 0.6 is 27.7 Å². The number of rotatable bonds is 3. The summed E-state index contributed by atoms with van der Waals surface area (Å²) in [4.78, 5) is 2.78. The minimum Gasteiger partial charge on any atom is -0.497 e.